The van der Waals surface area contributed by atoms with E-state index in [0.717, 1.165) is 11.1 Å². The van der Waals surface area contributed by atoms with Gasteiger partial charge in [0.1, 0.15) is 0 Å². The van der Waals surface area contributed by atoms with Gasteiger partial charge in [0.15, 0.2) is 0 Å². The average Bonchev–Trinajstić information content (AvgIpc) is 2.46. The molecule has 0 unspecified atom stereocenters. The van der Waals surface area contributed by atoms with Gasteiger partial charge in [-0.25, -0.2) is 4.79 Å². The van der Waals surface area contributed by atoms with Crippen molar-refractivity contribution in [1.29, 1.82) is 0 Å². The Kier molecular flexibility index (Phi) is 3.97. The molecule has 3 nitrogen and oxygen atoms in total. The SMILES string of the molecule is CNC(=O)NC(c1ccccc1)c1ccccc1. The van der Waals surface area contributed by atoms with Crippen LogP contribution in [0, 0.1) is 0 Å². The van der Waals surface area contributed by atoms with Crippen molar-refractivity contribution in [2.75, 3.05) is 7.05 Å². The topological polar surface area (TPSA) is 41.1 Å². The maximum Gasteiger partial charge on any atom is 0.315 e. The standard InChI is InChI=1S/C15H16N2O/c1-16-15(18)17-14(12-8-4-2-5-9-12)13-10-6-3-7-11-13/h2-11,14H,1H3,(H2,16,17,18). The molecule has 18 heavy (non-hydrogen) atoms. The number of urea groups is 1. The second kappa shape index (κ2) is 5.87. The summed E-state index contributed by atoms with van der Waals surface area (Å²) in [4.78, 5) is 11.5. The van der Waals surface area contributed by atoms with E-state index in [1.165, 1.54) is 0 Å². The summed E-state index contributed by atoms with van der Waals surface area (Å²) in [7, 11) is 1.61. The summed E-state index contributed by atoms with van der Waals surface area (Å²) in [6, 6.07) is 19.5. The highest BCUT2D eigenvalue weighted by Gasteiger charge is 2.15. The van der Waals surface area contributed by atoms with Gasteiger partial charge in [0, 0.05) is 7.05 Å². The van der Waals surface area contributed by atoms with E-state index < -0.39 is 0 Å². The van der Waals surface area contributed by atoms with Crippen molar-refractivity contribution in [1.82, 2.24) is 10.6 Å². The number of nitrogens with one attached hydrogen (secondary N) is 2. The minimum Gasteiger partial charge on any atom is -0.341 e. The van der Waals surface area contributed by atoms with Crippen LogP contribution >= 0.6 is 0 Å². The summed E-state index contributed by atoms with van der Waals surface area (Å²) < 4.78 is 0. The van der Waals surface area contributed by atoms with E-state index >= 15 is 0 Å². The van der Waals surface area contributed by atoms with Gasteiger partial charge < -0.3 is 10.6 Å². The molecule has 0 bridgehead atoms. The fourth-order valence-electron chi connectivity index (χ4n) is 1.85. The van der Waals surface area contributed by atoms with Crippen molar-refractivity contribution in [2.24, 2.45) is 0 Å². The molecule has 0 saturated carbocycles. The number of carbonyl (C=O) groups is 1. The first kappa shape index (κ1) is 12.2. The minimum atomic E-state index is -0.187. The zero-order chi connectivity index (χ0) is 12.8. The maximum absolute atomic E-state index is 11.5. The molecule has 0 aliphatic rings. The molecule has 0 heterocycles. The summed E-state index contributed by atoms with van der Waals surface area (Å²) in [6.07, 6.45) is 0. The van der Waals surface area contributed by atoms with Crippen LogP contribution in [0.2, 0.25) is 0 Å². The van der Waals surface area contributed by atoms with Gasteiger partial charge in [0.2, 0.25) is 0 Å². The van der Waals surface area contributed by atoms with Gasteiger partial charge in [-0.2, -0.15) is 0 Å². The Morgan fingerprint density at radius 1 is 0.889 bits per heavy atom. The zero-order valence-electron chi connectivity index (χ0n) is 10.3. The highest BCUT2D eigenvalue weighted by molar-refractivity contribution is 5.74. The predicted molar refractivity (Wildman–Crippen MR) is 72.3 cm³/mol. The van der Waals surface area contributed by atoms with E-state index in [0.29, 0.717) is 0 Å². The molecule has 2 aromatic carbocycles. The van der Waals surface area contributed by atoms with E-state index in [1.807, 2.05) is 60.7 Å². The Balaban J connectivity index is 2.32. The highest BCUT2D eigenvalue weighted by Crippen LogP contribution is 2.21. The largest absolute Gasteiger partial charge is 0.341 e. The Morgan fingerprint density at radius 3 is 1.72 bits per heavy atom. The predicted octanol–water partition coefficient (Wildman–Crippen LogP) is 2.71. The molecule has 2 amide bonds. The molecule has 0 radical (unpaired) electrons. The second-order valence-corrected chi connectivity index (χ2v) is 3.98. The van der Waals surface area contributed by atoms with E-state index in [9.17, 15) is 4.79 Å². The molecule has 0 aromatic heterocycles. The van der Waals surface area contributed by atoms with Crippen LogP contribution in [0.5, 0.6) is 0 Å². The van der Waals surface area contributed by atoms with Crippen molar-refractivity contribution in [2.45, 2.75) is 6.04 Å². The van der Waals surface area contributed by atoms with E-state index in [2.05, 4.69) is 10.6 Å². The number of benzene rings is 2. The van der Waals surface area contributed by atoms with Gasteiger partial charge in [-0.1, -0.05) is 60.7 Å². The van der Waals surface area contributed by atoms with Crippen LogP contribution in [0.3, 0.4) is 0 Å². The third-order valence-corrected chi connectivity index (χ3v) is 2.77. The first-order valence-electron chi connectivity index (χ1n) is 5.89. The molecule has 0 spiro atoms. The lowest BCUT2D eigenvalue weighted by atomic mass is 9.99. The van der Waals surface area contributed by atoms with Crippen LogP contribution in [0.1, 0.15) is 17.2 Å². The Labute approximate surface area is 107 Å². The normalized spacial score (nSPS) is 10.1. The minimum absolute atomic E-state index is 0.132. The molecule has 0 fully saturated rings. The zero-order valence-corrected chi connectivity index (χ0v) is 10.3. The number of carbonyl (C=O) groups excluding carboxylic acids is 1. The molecule has 0 saturated heterocycles. The molecule has 0 aliphatic carbocycles. The van der Waals surface area contributed by atoms with Gasteiger partial charge in [0.05, 0.1) is 6.04 Å². The molecule has 2 N–H and O–H groups in total. The van der Waals surface area contributed by atoms with Gasteiger partial charge in [-0.15, -0.1) is 0 Å². The quantitative estimate of drug-likeness (QED) is 0.851. The monoisotopic (exact) mass is 240 g/mol. The van der Waals surface area contributed by atoms with Crippen molar-refractivity contribution in [3.8, 4) is 0 Å². The van der Waals surface area contributed by atoms with Gasteiger partial charge in [-0.05, 0) is 11.1 Å². The lowest BCUT2D eigenvalue weighted by Crippen LogP contribution is -2.36. The number of hydrogen-bond donors (Lipinski definition) is 2. The van der Waals surface area contributed by atoms with Crippen molar-refractivity contribution >= 4 is 6.03 Å². The molecular formula is C15H16N2O. The van der Waals surface area contributed by atoms with Crippen LogP contribution < -0.4 is 10.6 Å². The third kappa shape index (κ3) is 2.88. The van der Waals surface area contributed by atoms with Crippen LogP contribution in [-0.2, 0) is 0 Å². The summed E-state index contributed by atoms with van der Waals surface area (Å²) in [6.45, 7) is 0. The van der Waals surface area contributed by atoms with Gasteiger partial charge in [0.25, 0.3) is 0 Å². The molecular weight excluding hydrogens is 224 g/mol. The van der Waals surface area contributed by atoms with Crippen molar-refractivity contribution in [3.63, 3.8) is 0 Å². The number of rotatable bonds is 3. The fraction of sp³-hybridized carbons (Fsp3) is 0.133. The summed E-state index contributed by atoms with van der Waals surface area (Å²) in [5, 5.41) is 5.53. The lowest BCUT2D eigenvalue weighted by Gasteiger charge is -2.19. The van der Waals surface area contributed by atoms with Gasteiger partial charge in [-0.3, -0.25) is 0 Å². The first-order valence-corrected chi connectivity index (χ1v) is 5.89. The van der Waals surface area contributed by atoms with Gasteiger partial charge >= 0.3 is 6.03 Å². The average molecular weight is 240 g/mol. The molecule has 3 heteroatoms. The van der Waals surface area contributed by atoms with Crippen molar-refractivity contribution < 1.29 is 4.79 Å². The van der Waals surface area contributed by atoms with Crippen LogP contribution in [0.25, 0.3) is 0 Å². The second-order valence-electron chi connectivity index (χ2n) is 3.98. The molecule has 0 aliphatic heterocycles. The van der Waals surface area contributed by atoms with Crippen LogP contribution in [0.4, 0.5) is 4.79 Å². The highest BCUT2D eigenvalue weighted by atomic mass is 16.2. The smallest absolute Gasteiger partial charge is 0.315 e. The summed E-state index contributed by atoms with van der Waals surface area (Å²) in [5.74, 6) is 0. The summed E-state index contributed by atoms with van der Waals surface area (Å²) in [5.41, 5.74) is 2.12. The fourth-order valence-corrected chi connectivity index (χ4v) is 1.85. The summed E-state index contributed by atoms with van der Waals surface area (Å²) >= 11 is 0. The molecule has 0 atom stereocenters. The third-order valence-electron chi connectivity index (χ3n) is 2.77. The molecule has 92 valence electrons. The van der Waals surface area contributed by atoms with E-state index in [-0.39, 0.29) is 12.1 Å². The number of amides is 2. The Bertz CT molecular complexity index is 457. The van der Waals surface area contributed by atoms with Crippen LogP contribution in [0.15, 0.2) is 60.7 Å². The Hall–Kier alpha value is -2.29. The Morgan fingerprint density at radius 2 is 1.33 bits per heavy atom. The van der Waals surface area contributed by atoms with E-state index in [4.69, 9.17) is 0 Å². The number of hydrogen-bond acceptors (Lipinski definition) is 1. The molecule has 2 aromatic rings. The van der Waals surface area contributed by atoms with Crippen molar-refractivity contribution in [3.05, 3.63) is 71.8 Å². The molecule has 2 rings (SSSR count). The lowest BCUT2D eigenvalue weighted by molar-refractivity contribution is 0.240. The van der Waals surface area contributed by atoms with E-state index in [1.54, 1.807) is 7.05 Å². The first-order chi connectivity index (χ1) is 8.81. The van der Waals surface area contributed by atoms with Crippen LogP contribution in [-0.4, -0.2) is 13.1 Å². The maximum atomic E-state index is 11.5.